The third-order valence-electron chi connectivity index (χ3n) is 3.60. The van der Waals surface area contributed by atoms with E-state index in [2.05, 4.69) is 47.5 Å². The van der Waals surface area contributed by atoms with Gasteiger partial charge in [-0.25, -0.2) is 4.79 Å². The molecule has 0 spiro atoms. The van der Waals surface area contributed by atoms with E-state index in [0.29, 0.717) is 6.04 Å². The molecule has 0 fully saturated rings. The molecule has 2 rings (SSSR count). The van der Waals surface area contributed by atoms with Crippen molar-refractivity contribution in [2.45, 2.75) is 52.3 Å². The molecule has 1 aliphatic heterocycles. The van der Waals surface area contributed by atoms with Crippen LogP contribution in [0.3, 0.4) is 0 Å². The molecule has 1 heterocycles. The molecule has 0 saturated heterocycles. The van der Waals surface area contributed by atoms with Crippen molar-refractivity contribution in [2.24, 2.45) is 0 Å². The van der Waals surface area contributed by atoms with E-state index >= 15 is 0 Å². The van der Waals surface area contributed by atoms with Gasteiger partial charge in [-0.2, -0.15) is 0 Å². The number of hydrogen-bond acceptors (Lipinski definition) is 3. The quantitative estimate of drug-likeness (QED) is 0.926. The minimum absolute atomic E-state index is 0.373. The smallest absolute Gasteiger partial charge is 0.411 e. The predicted molar refractivity (Wildman–Crippen MR) is 88.4 cm³/mol. The van der Waals surface area contributed by atoms with Gasteiger partial charge in [0.1, 0.15) is 5.60 Å². The molecule has 4 heteroatoms. The number of benzene rings is 1. The van der Waals surface area contributed by atoms with Crippen molar-refractivity contribution in [3.8, 4) is 0 Å². The number of alkyl carbamates (subject to hydrolysis) is 1. The van der Waals surface area contributed by atoms with Crippen molar-refractivity contribution in [2.75, 3.05) is 6.54 Å². The van der Waals surface area contributed by atoms with Gasteiger partial charge < -0.3 is 4.74 Å². The summed E-state index contributed by atoms with van der Waals surface area (Å²) in [5.74, 6) is 0. The van der Waals surface area contributed by atoms with Crippen molar-refractivity contribution in [3.63, 3.8) is 0 Å². The highest BCUT2D eigenvalue weighted by atomic mass is 16.6. The second-order valence-corrected chi connectivity index (χ2v) is 6.82. The number of hydrogen-bond donors (Lipinski definition) is 1. The molecule has 22 heavy (non-hydrogen) atoms. The van der Waals surface area contributed by atoms with Crippen LogP contribution in [-0.2, 0) is 11.3 Å². The van der Waals surface area contributed by atoms with Gasteiger partial charge in [-0.05, 0) is 33.3 Å². The standard InChI is InChI=1S/C18H26N2O2/c1-14-12-16(19-17(21)22-18(2,3)4)10-11-20(14)13-15-8-6-5-7-9-15/h5-10,14H,11-13H2,1-4H3,(H,19,21). The summed E-state index contributed by atoms with van der Waals surface area (Å²) < 4.78 is 5.29. The van der Waals surface area contributed by atoms with Crippen LogP contribution in [0, 0.1) is 0 Å². The van der Waals surface area contributed by atoms with E-state index in [1.807, 2.05) is 26.8 Å². The second-order valence-electron chi connectivity index (χ2n) is 6.82. The lowest BCUT2D eigenvalue weighted by Crippen LogP contribution is -2.40. The molecule has 0 aliphatic carbocycles. The van der Waals surface area contributed by atoms with Gasteiger partial charge >= 0.3 is 6.09 Å². The fraction of sp³-hybridized carbons (Fsp3) is 0.500. The van der Waals surface area contributed by atoms with Gasteiger partial charge in [0.15, 0.2) is 0 Å². The highest BCUT2D eigenvalue weighted by molar-refractivity contribution is 5.70. The molecule has 0 saturated carbocycles. The number of amides is 1. The lowest BCUT2D eigenvalue weighted by atomic mass is 10.1. The monoisotopic (exact) mass is 302 g/mol. The number of rotatable bonds is 3. The minimum atomic E-state index is -0.468. The van der Waals surface area contributed by atoms with Gasteiger partial charge in [-0.3, -0.25) is 10.2 Å². The average molecular weight is 302 g/mol. The van der Waals surface area contributed by atoms with E-state index in [9.17, 15) is 4.79 Å². The van der Waals surface area contributed by atoms with Gasteiger partial charge in [0.25, 0.3) is 0 Å². The van der Waals surface area contributed by atoms with Crippen LogP contribution in [0.4, 0.5) is 4.79 Å². The first-order chi connectivity index (χ1) is 10.3. The van der Waals surface area contributed by atoms with E-state index in [0.717, 1.165) is 25.2 Å². The summed E-state index contributed by atoms with van der Waals surface area (Å²) in [6.07, 6.45) is 2.53. The molecule has 1 unspecified atom stereocenters. The first-order valence-corrected chi connectivity index (χ1v) is 7.80. The average Bonchev–Trinajstić information content (AvgIpc) is 2.41. The lowest BCUT2D eigenvalue weighted by molar-refractivity contribution is 0.0538. The van der Waals surface area contributed by atoms with Crippen LogP contribution in [0.25, 0.3) is 0 Å². The van der Waals surface area contributed by atoms with Crippen LogP contribution in [-0.4, -0.2) is 29.2 Å². The van der Waals surface area contributed by atoms with Crippen LogP contribution in [0.1, 0.15) is 39.7 Å². The minimum Gasteiger partial charge on any atom is -0.444 e. The Morgan fingerprint density at radius 3 is 2.59 bits per heavy atom. The predicted octanol–water partition coefficient (Wildman–Crippen LogP) is 3.69. The summed E-state index contributed by atoms with van der Waals surface area (Å²) in [6, 6.07) is 10.8. The zero-order valence-corrected chi connectivity index (χ0v) is 13.9. The van der Waals surface area contributed by atoms with Crippen molar-refractivity contribution in [3.05, 3.63) is 47.7 Å². The lowest BCUT2D eigenvalue weighted by Gasteiger charge is -2.33. The zero-order chi connectivity index (χ0) is 16.2. The van der Waals surface area contributed by atoms with Crippen LogP contribution in [0.5, 0.6) is 0 Å². The Balaban J connectivity index is 1.89. The number of carbonyl (C=O) groups is 1. The molecule has 1 aromatic rings. The van der Waals surface area contributed by atoms with Gasteiger partial charge in [0.05, 0.1) is 0 Å². The topological polar surface area (TPSA) is 41.6 Å². The Hall–Kier alpha value is -1.81. The molecule has 1 atom stereocenters. The molecule has 1 N–H and O–H groups in total. The molecular weight excluding hydrogens is 276 g/mol. The molecule has 1 aromatic carbocycles. The third kappa shape index (κ3) is 5.19. The highest BCUT2D eigenvalue weighted by Gasteiger charge is 2.22. The highest BCUT2D eigenvalue weighted by Crippen LogP contribution is 2.19. The molecule has 0 radical (unpaired) electrons. The second kappa shape index (κ2) is 6.97. The van der Waals surface area contributed by atoms with Crippen LogP contribution >= 0.6 is 0 Å². The Morgan fingerprint density at radius 1 is 1.32 bits per heavy atom. The summed E-state index contributed by atoms with van der Waals surface area (Å²) in [6.45, 7) is 9.55. The van der Waals surface area contributed by atoms with Crippen molar-refractivity contribution < 1.29 is 9.53 Å². The van der Waals surface area contributed by atoms with E-state index in [4.69, 9.17) is 4.74 Å². The SMILES string of the molecule is CC1CC(NC(=O)OC(C)(C)C)=CCN1Cc1ccccc1. The summed E-state index contributed by atoms with van der Waals surface area (Å²) in [7, 11) is 0. The Morgan fingerprint density at radius 2 is 2.00 bits per heavy atom. The van der Waals surface area contributed by atoms with Gasteiger partial charge in [0.2, 0.25) is 0 Å². The maximum absolute atomic E-state index is 11.8. The zero-order valence-electron chi connectivity index (χ0n) is 13.9. The summed E-state index contributed by atoms with van der Waals surface area (Å²) in [5, 5.41) is 2.86. The molecule has 0 bridgehead atoms. The third-order valence-corrected chi connectivity index (χ3v) is 3.60. The molecule has 1 aliphatic rings. The molecular formula is C18H26N2O2. The maximum atomic E-state index is 11.8. The number of ether oxygens (including phenoxy) is 1. The molecule has 0 aromatic heterocycles. The van der Waals surface area contributed by atoms with Crippen molar-refractivity contribution in [1.82, 2.24) is 10.2 Å². The molecule has 4 nitrogen and oxygen atoms in total. The summed E-state index contributed by atoms with van der Waals surface area (Å²) >= 11 is 0. The fourth-order valence-electron chi connectivity index (χ4n) is 2.51. The first-order valence-electron chi connectivity index (χ1n) is 7.80. The van der Waals surface area contributed by atoms with E-state index < -0.39 is 5.60 Å². The van der Waals surface area contributed by atoms with E-state index in [-0.39, 0.29) is 6.09 Å². The van der Waals surface area contributed by atoms with Gasteiger partial charge in [-0.1, -0.05) is 36.4 Å². The summed E-state index contributed by atoms with van der Waals surface area (Å²) in [4.78, 5) is 14.2. The Labute approximate surface area is 133 Å². The molecule has 120 valence electrons. The Kier molecular flexibility index (Phi) is 5.24. The summed E-state index contributed by atoms with van der Waals surface area (Å²) in [5.41, 5.74) is 1.79. The van der Waals surface area contributed by atoms with E-state index in [1.54, 1.807) is 0 Å². The largest absolute Gasteiger partial charge is 0.444 e. The molecule has 1 amide bonds. The van der Waals surface area contributed by atoms with Gasteiger partial charge in [0, 0.05) is 31.2 Å². The number of nitrogens with zero attached hydrogens (tertiary/aromatic N) is 1. The maximum Gasteiger partial charge on any atom is 0.411 e. The Bertz CT molecular complexity index is 532. The fourth-order valence-corrected chi connectivity index (χ4v) is 2.51. The van der Waals surface area contributed by atoms with Crippen LogP contribution in [0.2, 0.25) is 0 Å². The van der Waals surface area contributed by atoms with Crippen LogP contribution in [0.15, 0.2) is 42.1 Å². The normalized spacial score (nSPS) is 19.5. The van der Waals surface area contributed by atoms with Crippen LogP contribution < -0.4 is 5.32 Å². The van der Waals surface area contributed by atoms with E-state index in [1.165, 1.54) is 5.56 Å². The van der Waals surface area contributed by atoms with Crippen molar-refractivity contribution >= 4 is 6.09 Å². The first kappa shape index (κ1) is 16.6. The number of carbonyl (C=O) groups excluding carboxylic acids is 1. The van der Waals surface area contributed by atoms with Gasteiger partial charge in [-0.15, -0.1) is 0 Å². The number of nitrogens with one attached hydrogen (secondary N) is 1. The van der Waals surface area contributed by atoms with Crippen molar-refractivity contribution in [1.29, 1.82) is 0 Å².